The minimum atomic E-state index is -4.69. The summed E-state index contributed by atoms with van der Waals surface area (Å²) in [7, 11) is 0. The van der Waals surface area contributed by atoms with Crippen LogP contribution in [0.15, 0.2) is 41.0 Å². The molecule has 0 radical (unpaired) electrons. The largest absolute Gasteiger partial charge is 0.481 e. The van der Waals surface area contributed by atoms with Crippen LogP contribution in [0.2, 0.25) is 0 Å². The molecule has 0 saturated carbocycles. The van der Waals surface area contributed by atoms with Crippen molar-refractivity contribution in [3.63, 3.8) is 0 Å². The van der Waals surface area contributed by atoms with Crippen LogP contribution in [0.4, 0.5) is 17.6 Å². The molecule has 1 aliphatic heterocycles. The number of benzene rings is 1. The molecule has 1 aromatic carbocycles. The van der Waals surface area contributed by atoms with Crippen molar-refractivity contribution in [3.8, 4) is 0 Å². The maximum atomic E-state index is 14.2. The number of piperidine rings is 1. The topological polar surface area (TPSA) is 70.5 Å². The number of rotatable bonds is 4. The molecule has 1 fully saturated rings. The molecule has 1 saturated heterocycles. The van der Waals surface area contributed by atoms with Gasteiger partial charge in [0.1, 0.15) is 10.4 Å². The minimum Gasteiger partial charge on any atom is -0.481 e. The average Bonchev–Trinajstić information content (AvgIpc) is 2.69. The third-order valence-corrected chi connectivity index (χ3v) is 6.06. The van der Waals surface area contributed by atoms with E-state index >= 15 is 0 Å². The predicted molar refractivity (Wildman–Crippen MR) is 107 cm³/mol. The van der Waals surface area contributed by atoms with Gasteiger partial charge < -0.3 is 10.0 Å². The summed E-state index contributed by atoms with van der Waals surface area (Å²) in [5.41, 5.74) is -2.94. The van der Waals surface area contributed by atoms with Crippen molar-refractivity contribution in [2.45, 2.75) is 38.4 Å². The van der Waals surface area contributed by atoms with Crippen molar-refractivity contribution in [1.82, 2.24) is 9.88 Å². The summed E-state index contributed by atoms with van der Waals surface area (Å²) < 4.78 is 54.5. The zero-order chi connectivity index (χ0) is 23.0. The number of nitrogens with zero attached hydrogens (tertiary/aromatic N) is 2. The van der Waals surface area contributed by atoms with Gasteiger partial charge in [-0.25, -0.2) is 9.37 Å². The number of carboxylic acids is 1. The van der Waals surface area contributed by atoms with Crippen LogP contribution in [0.5, 0.6) is 0 Å². The summed E-state index contributed by atoms with van der Waals surface area (Å²) in [5.74, 6) is -2.62. The lowest BCUT2D eigenvalue weighted by Gasteiger charge is -2.43. The number of aromatic nitrogens is 1. The van der Waals surface area contributed by atoms with Gasteiger partial charge in [0, 0.05) is 19.0 Å². The Morgan fingerprint density at radius 3 is 2.55 bits per heavy atom. The van der Waals surface area contributed by atoms with Gasteiger partial charge in [0.15, 0.2) is 0 Å². The Labute approximate surface area is 184 Å². The first-order valence-electron chi connectivity index (χ1n) is 9.46. The van der Waals surface area contributed by atoms with Crippen LogP contribution in [-0.2, 0) is 17.4 Å². The quantitative estimate of drug-likeness (QED) is 0.474. The highest BCUT2D eigenvalue weighted by Gasteiger charge is 2.47. The number of halogens is 5. The van der Waals surface area contributed by atoms with Crippen molar-refractivity contribution in [3.05, 3.63) is 63.6 Å². The molecule has 1 amide bonds. The number of aliphatic carboxylic acids is 1. The highest BCUT2D eigenvalue weighted by Crippen LogP contribution is 2.40. The number of hydrogen-bond donors (Lipinski definition) is 1. The number of carbonyl (C=O) groups is 2. The van der Waals surface area contributed by atoms with Crippen molar-refractivity contribution >= 4 is 27.8 Å². The molecule has 0 spiro atoms. The van der Waals surface area contributed by atoms with E-state index in [9.17, 15) is 32.3 Å². The van der Waals surface area contributed by atoms with E-state index < -0.39 is 46.5 Å². The second-order valence-electron chi connectivity index (χ2n) is 7.67. The summed E-state index contributed by atoms with van der Waals surface area (Å²) in [6.45, 7) is 1.50. The van der Waals surface area contributed by atoms with E-state index in [1.165, 1.54) is 29.2 Å². The molecule has 31 heavy (non-hydrogen) atoms. The zero-order valence-corrected chi connectivity index (χ0v) is 18.0. The van der Waals surface area contributed by atoms with E-state index in [0.717, 1.165) is 12.1 Å². The molecule has 3 rings (SSSR count). The first kappa shape index (κ1) is 23.2. The van der Waals surface area contributed by atoms with Crippen molar-refractivity contribution < 1.29 is 32.3 Å². The zero-order valence-electron chi connectivity index (χ0n) is 16.4. The maximum Gasteiger partial charge on any atom is 0.417 e. The number of carbonyl (C=O) groups excluding carboxylic acids is 1. The number of hydrogen-bond acceptors (Lipinski definition) is 3. The van der Waals surface area contributed by atoms with E-state index in [0.29, 0.717) is 4.60 Å². The highest BCUT2D eigenvalue weighted by molar-refractivity contribution is 9.10. The lowest BCUT2D eigenvalue weighted by Crippen LogP contribution is -2.52. The maximum absolute atomic E-state index is 14.2. The lowest BCUT2D eigenvalue weighted by molar-refractivity contribution is -0.153. The van der Waals surface area contributed by atoms with Crippen molar-refractivity contribution in [2.75, 3.05) is 6.54 Å². The summed E-state index contributed by atoms with van der Waals surface area (Å²) >= 11 is 3.13. The van der Waals surface area contributed by atoms with Gasteiger partial charge in [0.05, 0.1) is 22.2 Å². The molecule has 0 unspecified atom stereocenters. The molecular formula is C21H19BrF4N2O3. The molecule has 1 N–H and O–H groups in total. The third-order valence-electron chi connectivity index (χ3n) is 5.62. The Morgan fingerprint density at radius 1 is 1.26 bits per heavy atom. The van der Waals surface area contributed by atoms with E-state index in [1.54, 1.807) is 6.92 Å². The van der Waals surface area contributed by atoms with Crippen LogP contribution in [0.1, 0.15) is 41.4 Å². The smallest absolute Gasteiger partial charge is 0.417 e. The Bertz CT molecular complexity index is 1010. The number of alkyl halides is 3. The fraction of sp³-hybridized carbons (Fsp3) is 0.381. The Hall–Kier alpha value is -2.49. The molecule has 10 heteroatoms. The van der Waals surface area contributed by atoms with Gasteiger partial charge in [-0.3, -0.25) is 9.59 Å². The highest BCUT2D eigenvalue weighted by atomic mass is 79.9. The molecule has 1 aliphatic rings. The second kappa shape index (κ2) is 8.57. The van der Waals surface area contributed by atoms with Gasteiger partial charge in [-0.05, 0) is 60.0 Å². The van der Waals surface area contributed by atoms with Gasteiger partial charge in [-0.2, -0.15) is 13.2 Å². The Kier molecular flexibility index (Phi) is 6.40. The Morgan fingerprint density at radius 2 is 1.94 bits per heavy atom. The normalized spacial score (nSPS) is 21.7. The van der Waals surface area contributed by atoms with Crippen LogP contribution >= 0.6 is 15.9 Å². The fourth-order valence-electron chi connectivity index (χ4n) is 4.04. The minimum absolute atomic E-state index is 0.0221. The lowest BCUT2D eigenvalue weighted by atomic mass is 9.72. The van der Waals surface area contributed by atoms with Gasteiger partial charge >= 0.3 is 12.1 Å². The van der Waals surface area contributed by atoms with Crippen LogP contribution in [0, 0.1) is 11.2 Å². The van der Waals surface area contributed by atoms with E-state index in [1.807, 2.05) is 0 Å². The SMILES string of the molecule is C[C@@H]1C[C@](Cc2nc(Br)ccc2F)(C(=O)O)CCN1C(=O)c1ccccc1C(F)(F)F. The molecule has 0 aliphatic carbocycles. The van der Waals surface area contributed by atoms with Crippen molar-refractivity contribution in [1.29, 1.82) is 0 Å². The van der Waals surface area contributed by atoms with Crippen LogP contribution < -0.4 is 0 Å². The third kappa shape index (κ3) is 4.73. The molecule has 2 aromatic rings. The molecule has 5 nitrogen and oxygen atoms in total. The number of amides is 1. The number of likely N-dealkylation sites (tertiary alicyclic amines) is 1. The first-order valence-corrected chi connectivity index (χ1v) is 10.3. The van der Waals surface area contributed by atoms with Crippen LogP contribution in [0.3, 0.4) is 0 Å². The molecule has 166 valence electrons. The van der Waals surface area contributed by atoms with E-state index in [-0.39, 0.29) is 31.5 Å². The Balaban J connectivity index is 1.87. The van der Waals surface area contributed by atoms with E-state index in [4.69, 9.17) is 0 Å². The standard InChI is InChI=1S/C21H19BrF4N2O3/c1-12-10-20(19(30)31,11-16-15(23)6-7-17(22)27-16)8-9-28(12)18(29)13-4-2-3-5-14(13)21(24,25)26/h2-7,12H,8-11H2,1H3,(H,30,31)/t12-,20-/m1/s1. The average molecular weight is 503 g/mol. The van der Waals surface area contributed by atoms with Gasteiger partial charge in [0.25, 0.3) is 5.91 Å². The molecule has 0 bridgehead atoms. The van der Waals surface area contributed by atoms with E-state index in [2.05, 4.69) is 20.9 Å². The fourth-order valence-corrected chi connectivity index (χ4v) is 4.38. The molecule has 1 aromatic heterocycles. The van der Waals surface area contributed by atoms with Gasteiger partial charge in [-0.1, -0.05) is 12.1 Å². The first-order chi connectivity index (χ1) is 14.4. The number of carboxylic acid groups (broad SMARTS) is 1. The summed E-state index contributed by atoms with van der Waals surface area (Å²) in [5, 5.41) is 9.91. The monoisotopic (exact) mass is 502 g/mol. The predicted octanol–water partition coefficient (Wildman–Crippen LogP) is 4.94. The van der Waals surface area contributed by atoms with Crippen molar-refractivity contribution in [2.24, 2.45) is 5.41 Å². The number of pyridine rings is 1. The molecule has 2 atom stereocenters. The van der Waals surface area contributed by atoms with Gasteiger partial charge in [0.2, 0.25) is 0 Å². The summed E-state index contributed by atoms with van der Waals surface area (Å²) in [6.07, 6.45) is -4.98. The second-order valence-corrected chi connectivity index (χ2v) is 8.48. The van der Waals surface area contributed by atoms with Crippen LogP contribution in [-0.4, -0.2) is 39.5 Å². The summed E-state index contributed by atoms with van der Waals surface area (Å²) in [4.78, 5) is 30.3. The summed E-state index contributed by atoms with van der Waals surface area (Å²) in [6, 6.07) is 6.40. The van der Waals surface area contributed by atoms with Gasteiger partial charge in [-0.15, -0.1) is 0 Å². The molecular weight excluding hydrogens is 484 g/mol. The van der Waals surface area contributed by atoms with Crippen LogP contribution in [0.25, 0.3) is 0 Å². The molecule has 2 heterocycles.